The smallest absolute Gasteiger partial charge is 0.168 e. The van der Waals surface area contributed by atoms with Crippen LogP contribution in [0.3, 0.4) is 0 Å². The SMILES string of the molecule is COCCN(C)CCNc1ncccc1OC(C)C. The minimum atomic E-state index is 0.147. The molecular weight excluding hydrogens is 242 g/mol. The van der Waals surface area contributed by atoms with Crippen molar-refractivity contribution in [3.05, 3.63) is 18.3 Å². The molecule has 108 valence electrons. The van der Waals surface area contributed by atoms with Gasteiger partial charge < -0.3 is 19.7 Å². The molecule has 0 fully saturated rings. The Morgan fingerprint density at radius 3 is 2.84 bits per heavy atom. The van der Waals surface area contributed by atoms with Crippen molar-refractivity contribution in [1.82, 2.24) is 9.88 Å². The van der Waals surface area contributed by atoms with E-state index in [4.69, 9.17) is 9.47 Å². The number of nitrogens with zero attached hydrogens (tertiary/aromatic N) is 2. The minimum Gasteiger partial charge on any atom is -0.487 e. The minimum absolute atomic E-state index is 0.147. The average Bonchev–Trinajstić information content (AvgIpc) is 2.38. The molecule has 0 spiro atoms. The molecule has 19 heavy (non-hydrogen) atoms. The molecule has 0 radical (unpaired) electrons. The van der Waals surface area contributed by atoms with E-state index in [1.165, 1.54) is 0 Å². The summed E-state index contributed by atoms with van der Waals surface area (Å²) in [6.45, 7) is 7.45. The van der Waals surface area contributed by atoms with E-state index in [0.29, 0.717) is 0 Å². The van der Waals surface area contributed by atoms with Crippen molar-refractivity contribution < 1.29 is 9.47 Å². The third kappa shape index (κ3) is 6.40. The van der Waals surface area contributed by atoms with Gasteiger partial charge in [0.25, 0.3) is 0 Å². The van der Waals surface area contributed by atoms with Gasteiger partial charge in [-0.05, 0) is 33.0 Å². The number of pyridine rings is 1. The molecule has 0 amide bonds. The second kappa shape index (κ2) is 8.72. The van der Waals surface area contributed by atoms with Gasteiger partial charge in [0.15, 0.2) is 11.6 Å². The van der Waals surface area contributed by atoms with Crippen molar-refractivity contribution >= 4 is 5.82 Å². The van der Waals surface area contributed by atoms with E-state index in [-0.39, 0.29) is 6.10 Å². The van der Waals surface area contributed by atoms with Crippen LogP contribution in [0, 0.1) is 0 Å². The number of rotatable bonds is 9. The van der Waals surface area contributed by atoms with Crippen molar-refractivity contribution in [3.8, 4) is 5.75 Å². The van der Waals surface area contributed by atoms with Crippen LogP contribution in [-0.4, -0.2) is 56.4 Å². The Hall–Kier alpha value is -1.33. The molecule has 0 atom stereocenters. The molecule has 0 unspecified atom stereocenters. The number of methoxy groups -OCH3 is 1. The molecule has 0 saturated carbocycles. The number of hydrogen-bond donors (Lipinski definition) is 1. The van der Waals surface area contributed by atoms with Gasteiger partial charge in [0.1, 0.15) is 0 Å². The number of hydrogen-bond acceptors (Lipinski definition) is 5. The van der Waals surface area contributed by atoms with Gasteiger partial charge in [-0.15, -0.1) is 0 Å². The first-order valence-electron chi connectivity index (χ1n) is 6.66. The number of anilines is 1. The Morgan fingerprint density at radius 2 is 2.16 bits per heavy atom. The van der Waals surface area contributed by atoms with E-state index in [1.807, 2.05) is 26.0 Å². The van der Waals surface area contributed by atoms with Gasteiger partial charge >= 0.3 is 0 Å². The molecule has 0 aromatic carbocycles. The van der Waals surface area contributed by atoms with Gasteiger partial charge in [-0.25, -0.2) is 4.98 Å². The lowest BCUT2D eigenvalue weighted by atomic mass is 10.4. The van der Waals surface area contributed by atoms with E-state index in [2.05, 4.69) is 22.2 Å². The van der Waals surface area contributed by atoms with E-state index in [1.54, 1.807) is 13.3 Å². The lowest BCUT2D eigenvalue weighted by Gasteiger charge is -2.18. The first-order valence-corrected chi connectivity index (χ1v) is 6.66. The summed E-state index contributed by atoms with van der Waals surface area (Å²) < 4.78 is 10.8. The Kier molecular flexibility index (Phi) is 7.22. The Bertz CT molecular complexity index is 358. The summed E-state index contributed by atoms with van der Waals surface area (Å²) >= 11 is 0. The quantitative estimate of drug-likeness (QED) is 0.740. The van der Waals surface area contributed by atoms with Crippen LogP contribution >= 0.6 is 0 Å². The summed E-state index contributed by atoms with van der Waals surface area (Å²) in [5.41, 5.74) is 0. The Balaban J connectivity index is 2.40. The number of likely N-dealkylation sites (N-methyl/N-ethyl adjacent to an activating group) is 1. The zero-order valence-corrected chi connectivity index (χ0v) is 12.3. The van der Waals surface area contributed by atoms with Gasteiger partial charge in [-0.3, -0.25) is 0 Å². The molecule has 0 aliphatic heterocycles. The Morgan fingerprint density at radius 1 is 1.37 bits per heavy atom. The van der Waals surface area contributed by atoms with Crippen molar-refractivity contribution in [1.29, 1.82) is 0 Å². The third-order valence-electron chi connectivity index (χ3n) is 2.60. The maximum atomic E-state index is 5.71. The summed E-state index contributed by atoms with van der Waals surface area (Å²) in [5, 5.41) is 3.31. The Labute approximate surface area is 115 Å². The standard InChI is InChI=1S/C14H25N3O2/c1-12(2)19-13-6-5-7-15-14(13)16-8-9-17(3)10-11-18-4/h5-7,12H,8-11H2,1-4H3,(H,15,16). The van der Waals surface area contributed by atoms with Gasteiger partial charge in [0.05, 0.1) is 12.7 Å². The average molecular weight is 267 g/mol. The number of ether oxygens (including phenoxy) is 2. The highest BCUT2D eigenvalue weighted by Gasteiger charge is 2.06. The van der Waals surface area contributed by atoms with Crippen LogP contribution in [0.4, 0.5) is 5.82 Å². The van der Waals surface area contributed by atoms with Crippen molar-refractivity contribution in [3.63, 3.8) is 0 Å². The lowest BCUT2D eigenvalue weighted by molar-refractivity contribution is 0.163. The maximum Gasteiger partial charge on any atom is 0.168 e. The fraction of sp³-hybridized carbons (Fsp3) is 0.643. The van der Waals surface area contributed by atoms with Crippen LogP contribution in [0.25, 0.3) is 0 Å². The monoisotopic (exact) mass is 267 g/mol. The molecule has 1 aromatic rings. The van der Waals surface area contributed by atoms with Crippen molar-refractivity contribution in [2.24, 2.45) is 0 Å². The maximum absolute atomic E-state index is 5.71. The topological polar surface area (TPSA) is 46.6 Å². The van der Waals surface area contributed by atoms with Crippen LogP contribution in [0.1, 0.15) is 13.8 Å². The van der Waals surface area contributed by atoms with E-state index >= 15 is 0 Å². The summed E-state index contributed by atoms with van der Waals surface area (Å²) in [5.74, 6) is 1.60. The summed E-state index contributed by atoms with van der Waals surface area (Å²) in [7, 11) is 3.79. The second-order valence-corrected chi connectivity index (χ2v) is 4.74. The van der Waals surface area contributed by atoms with Crippen LogP contribution < -0.4 is 10.1 Å². The molecule has 5 nitrogen and oxygen atoms in total. The van der Waals surface area contributed by atoms with Gasteiger partial charge in [0.2, 0.25) is 0 Å². The molecule has 1 aromatic heterocycles. The predicted molar refractivity (Wildman–Crippen MR) is 77.9 cm³/mol. The molecule has 1 rings (SSSR count). The molecule has 1 N–H and O–H groups in total. The van der Waals surface area contributed by atoms with Gasteiger partial charge in [0, 0.05) is 32.9 Å². The predicted octanol–water partition coefficient (Wildman–Crippen LogP) is 1.86. The molecule has 1 heterocycles. The zero-order valence-electron chi connectivity index (χ0n) is 12.3. The molecular formula is C14H25N3O2. The lowest BCUT2D eigenvalue weighted by Crippen LogP contribution is -2.28. The van der Waals surface area contributed by atoms with Crippen molar-refractivity contribution in [2.75, 3.05) is 45.7 Å². The van der Waals surface area contributed by atoms with Gasteiger partial charge in [-0.1, -0.05) is 0 Å². The van der Waals surface area contributed by atoms with Crippen LogP contribution in [0.5, 0.6) is 5.75 Å². The number of aromatic nitrogens is 1. The summed E-state index contributed by atoms with van der Waals surface area (Å²) in [6.07, 6.45) is 1.92. The van der Waals surface area contributed by atoms with E-state index in [0.717, 1.165) is 37.8 Å². The first kappa shape index (κ1) is 15.7. The highest BCUT2D eigenvalue weighted by atomic mass is 16.5. The molecule has 5 heteroatoms. The highest BCUT2D eigenvalue weighted by Crippen LogP contribution is 2.21. The summed E-state index contributed by atoms with van der Waals surface area (Å²) in [6, 6.07) is 3.82. The molecule has 0 saturated heterocycles. The molecule has 0 bridgehead atoms. The second-order valence-electron chi connectivity index (χ2n) is 4.74. The molecule has 0 aliphatic rings. The highest BCUT2D eigenvalue weighted by molar-refractivity contribution is 5.49. The summed E-state index contributed by atoms with van der Waals surface area (Å²) in [4.78, 5) is 6.52. The zero-order chi connectivity index (χ0) is 14.1. The van der Waals surface area contributed by atoms with E-state index in [9.17, 15) is 0 Å². The molecule has 0 aliphatic carbocycles. The van der Waals surface area contributed by atoms with E-state index < -0.39 is 0 Å². The van der Waals surface area contributed by atoms with Gasteiger partial charge in [-0.2, -0.15) is 0 Å². The fourth-order valence-electron chi connectivity index (χ4n) is 1.60. The van der Waals surface area contributed by atoms with Crippen molar-refractivity contribution in [2.45, 2.75) is 20.0 Å². The first-order chi connectivity index (χ1) is 9.13. The normalized spacial score (nSPS) is 11.1. The van der Waals surface area contributed by atoms with Crippen LogP contribution in [0.15, 0.2) is 18.3 Å². The largest absolute Gasteiger partial charge is 0.487 e. The van der Waals surface area contributed by atoms with Crippen LogP contribution in [-0.2, 0) is 4.74 Å². The number of nitrogens with one attached hydrogen (secondary N) is 1. The van der Waals surface area contributed by atoms with Crippen LogP contribution in [0.2, 0.25) is 0 Å². The third-order valence-corrected chi connectivity index (χ3v) is 2.60. The fourth-order valence-corrected chi connectivity index (χ4v) is 1.60.